The zero-order chi connectivity index (χ0) is 11.2. The number of hydrogen-bond donors (Lipinski definition) is 1. The lowest BCUT2D eigenvalue weighted by atomic mass is 10.2. The highest BCUT2D eigenvalue weighted by molar-refractivity contribution is 5.18. The van der Waals surface area contributed by atoms with E-state index in [-0.39, 0.29) is 0 Å². The normalized spacial score (nSPS) is 10.6. The van der Waals surface area contributed by atoms with Crippen molar-refractivity contribution in [2.75, 3.05) is 13.6 Å². The minimum Gasteiger partial charge on any atom is -0.320 e. The van der Waals surface area contributed by atoms with Gasteiger partial charge in [0.15, 0.2) is 5.82 Å². The molecular formula is C11H15N5. The molecular weight excluding hydrogens is 202 g/mol. The van der Waals surface area contributed by atoms with Crippen LogP contribution in [-0.4, -0.2) is 33.3 Å². The third kappa shape index (κ3) is 2.64. The average molecular weight is 217 g/mol. The fraction of sp³-hybridized carbons (Fsp3) is 0.364. The summed E-state index contributed by atoms with van der Waals surface area (Å²) < 4.78 is 1.75. The summed E-state index contributed by atoms with van der Waals surface area (Å²) in [4.78, 5) is 8.20. The van der Waals surface area contributed by atoms with Crippen molar-refractivity contribution in [3.8, 4) is 5.82 Å². The van der Waals surface area contributed by atoms with Crippen LogP contribution < -0.4 is 5.32 Å². The van der Waals surface area contributed by atoms with Crippen LogP contribution in [0, 0.1) is 0 Å². The Morgan fingerprint density at radius 1 is 1.31 bits per heavy atom. The van der Waals surface area contributed by atoms with Crippen molar-refractivity contribution in [3.63, 3.8) is 0 Å². The lowest BCUT2D eigenvalue weighted by Crippen LogP contribution is -2.08. The molecule has 0 saturated heterocycles. The predicted molar refractivity (Wildman–Crippen MR) is 61.4 cm³/mol. The monoisotopic (exact) mass is 217 g/mol. The largest absolute Gasteiger partial charge is 0.320 e. The lowest BCUT2D eigenvalue weighted by molar-refractivity contribution is 0.724. The van der Waals surface area contributed by atoms with E-state index in [1.807, 2.05) is 19.4 Å². The lowest BCUT2D eigenvalue weighted by Gasteiger charge is -1.98. The molecule has 0 radical (unpaired) electrons. The summed E-state index contributed by atoms with van der Waals surface area (Å²) in [5.74, 6) is 0.752. The molecule has 0 fully saturated rings. The molecule has 0 spiro atoms. The standard InChI is InChI=1S/C11H15N5/c1-12-4-2-3-10-7-15-16(9-10)11-8-13-5-6-14-11/h5-9,12H,2-4H2,1H3. The fourth-order valence-corrected chi connectivity index (χ4v) is 1.49. The Morgan fingerprint density at radius 3 is 3.00 bits per heavy atom. The van der Waals surface area contributed by atoms with Gasteiger partial charge in [-0.05, 0) is 32.0 Å². The van der Waals surface area contributed by atoms with Gasteiger partial charge in [0.05, 0.1) is 12.4 Å². The van der Waals surface area contributed by atoms with Gasteiger partial charge in [-0.25, -0.2) is 9.67 Å². The summed E-state index contributed by atoms with van der Waals surface area (Å²) in [6, 6.07) is 0. The van der Waals surface area contributed by atoms with Crippen molar-refractivity contribution in [1.82, 2.24) is 25.1 Å². The summed E-state index contributed by atoms with van der Waals surface area (Å²) in [5.41, 5.74) is 1.22. The molecule has 0 bridgehead atoms. The van der Waals surface area contributed by atoms with Crippen molar-refractivity contribution in [1.29, 1.82) is 0 Å². The zero-order valence-corrected chi connectivity index (χ0v) is 9.30. The average Bonchev–Trinajstić information content (AvgIpc) is 2.79. The molecule has 0 aromatic carbocycles. The molecule has 5 nitrogen and oxygen atoms in total. The SMILES string of the molecule is CNCCCc1cnn(-c2cnccn2)c1. The molecule has 5 heteroatoms. The second-order valence-corrected chi connectivity index (χ2v) is 3.56. The van der Waals surface area contributed by atoms with Crippen molar-refractivity contribution in [3.05, 3.63) is 36.5 Å². The highest BCUT2D eigenvalue weighted by Gasteiger charge is 2.01. The minimum absolute atomic E-state index is 0.752. The number of aryl methyl sites for hydroxylation is 1. The maximum atomic E-state index is 4.26. The quantitative estimate of drug-likeness (QED) is 0.753. The molecule has 0 saturated carbocycles. The number of nitrogens with one attached hydrogen (secondary N) is 1. The van der Waals surface area contributed by atoms with E-state index in [9.17, 15) is 0 Å². The number of nitrogens with zero attached hydrogens (tertiary/aromatic N) is 4. The molecule has 2 rings (SSSR count). The van der Waals surface area contributed by atoms with Gasteiger partial charge in [0, 0.05) is 18.6 Å². The third-order valence-electron chi connectivity index (χ3n) is 2.31. The molecule has 2 aromatic rings. The number of hydrogen-bond acceptors (Lipinski definition) is 4. The van der Waals surface area contributed by atoms with Gasteiger partial charge in [0.25, 0.3) is 0 Å². The first-order chi connectivity index (χ1) is 7.90. The van der Waals surface area contributed by atoms with Crippen LogP contribution in [0.1, 0.15) is 12.0 Å². The van der Waals surface area contributed by atoms with E-state index in [1.165, 1.54) is 5.56 Å². The van der Waals surface area contributed by atoms with Gasteiger partial charge in [-0.15, -0.1) is 0 Å². The highest BCUT2D eigenvalue weighted by Crippen LogP contribution is 2.05. The molecule has 84 valence electrons. The van der Waals surface area contributed by atoms with Gasteiger partial charge in [-0.1, -0.05) is 0 Å². The second kappa shape index (κ2) is 5.37. The van der Waals surface area contributed by atoms with Crippen molar-refractivity contribution >= 4 is 0 Å². The van der Waals surface area contributed by atoms with E-state index < -0.39 is 0 Å². The molecule has 0 aliphatic rings. The Balaban J connectivity index is 2.02. The molecule has 16 heavy (non-hydrogen) atoms. The van der Waals surface area contributed by atoms with Gasteiger partial charge < -0.3 is 5.32 Å². The van der Waals surface area contributed by atoms with Crippen molar-refractivity contribution < 1.29 is 0 Å². The van der Waals surface area contributed by atoms with Crippen LogP contribution in [0.15, 0.2) is 31.0 Å². The van der Waals surface area contributed by atoms with Crippen LogP contribution in [0.4, 0.5) is 0 Å². The summed E-state index contributed by atoms with van der Waals surface area (Å²) in [7, 11) is 1.96. The van der Waals surface area contributed by atoms with Crippen molar-refractivity contribution in [2.45, 2.75) is 12.8 Å². The molecule has 0 atom stereocenters. The second-order valence-electron chi connectivity index (χ2n) is 3.56. The zero-order valence-electron chi connectivity index (χ0n) is 9.30. The maximum Gasteiger partial charge on any atom is 0.171 e. The minimum atomic E-state index is 0.752. The van der Waals surface area contributed by atoms with Crippen LogP contribution in [-0.2, 0) is 6.42 Å². The van der Waals surface area contributed by atoms with Crippen LogP contribution in [0.3, 0.4) is 0 Å². The van der Waals surface area contributed by atoms with E-state index >= 15 is 0 Å². The summed E-state index contributed by atoms with van der Waals surface area (Å²) in [6.45, 7) is 1.02. The first-order valence-electron chi connectivity index (χ1n) is 5.34. The summed E-state index contributed by atoms with van der Waals surface area (Å²) in [6.07, 6.45) is 11.0. The molecule has 0 unspecified atom stereocenters. The molecule has 0 amide bonds. The van der Waals surface area contributed by atoms with E-state index in [2.05, 4.69) is 20.4 Å². The van der Waals surface area contributed by atoms with E-state index in [4.69, 9.17) is 0 Å². The first-order valence-corrected chi connectivity index (χ1v) is 5.34. The predicted octanol–water partition coefficient (Wildman–Crippen LogP) is 0.814. The summed E-state index contributed by atoms with van der Waals surface area (Å²) >= 11 is 0. The van der Waals surface area contributed by atoms with Crippen molar-refractivity contribution in [2.24, 2.45) is 0 Å². The van der Waals surface area contributed by atoms with E-state index in [0.717, 1.165) is 25.2 Å². The van der Waals surface area contributed by atoms with Crippen LogP contribution in [0.5, 0.6) is 0 Å². The Labute approximate surface area is 94.5 Å². The Kier molecular flexibility index (Phi) is 3.61. The molecule has 0 aliphatic carbocycles. The number of rotatable bonds is 5. The number of aromatic nitrogens is 4. The Morgan fingerprint density at radius 2 is 2.25 bits per heavy atom. The smallest absolute Gasteiger partial charge is 0.171 e. The first kappa shape index (κ1) is 10.8. The Bertz CT molecular complexity index is 423. The van der Waals surface area contributed by atoms with Crippen LogP contribution in [0.25, 0.3) is 5.82 Å². The molecule has 0 aliphatic heterocycles. The van der Waals surface area contributed by atoms with Gasteiger partial charge >= 0.3 is 0 Å². The van der Waals surface area contributed by atoms with Gasteiger partial charge in [-0.3, -0.25) is 4.98 Å². The van der Waals surface area contributed by atoms with Gasteiger partial charge in [-0.2, -0.15) is 5.10 Å². The maximum absolute atomic E-state index is 4.26. The third-order valence-corrected chi connectivity index (χ3v) is 2.31. The van der Waals surface area contributed by atoms with E-state index in [1.54, 1.807) is 23.3 Å². The van der Waals surface area contributed by atoms with E-state index in [0.29, 0.717) is 0 Å². The van der Waals surface area contributed by atoms with Crippen LogP contribution in [0.2, 0.25) is 0 Å². The Hall–Kier alpha value is -1.75. The fourth-order valence-electron chi connectivity index (χ4n) is 1.49. The van der Waals surface area contributed by atoms with Gasteiger partial charge in [0.1, 0.15) is 0 Å². The highest BCUT2D eigenvalue weighted by atomic mass is 15.3. The summed E-state index contributed by atoms with van der Waals surface area (Å²) in [5, 5.41) is 7.39. The molecule has 2 heterocycles. The van der Waals surface area contributed by atoms with Gasteiger partial charge in [0.2, 0.25) is 0 Å². The topological polar surface area (TPSA) is 55.6 Å². The molecule has 1 N–H and O–H groups in total. The van der Waals surface area contributed by atoms with Crippen LogP contribution >= 0.6 is 0 Å². The molecule has 2 aromatic heterocycles.